The zero-order chi connectivity index (χ0) is 11.4. The molecule has 88 valence electrons. The highest BCUT2D eigenvalue weighted by atomic mass is 35.5. The number of ether oxygens (including phenoxy) is 1. The van der Waals surface area contributed by atoms with E-state index in [4.69, 9.17) is 16.3 Å². The van der Waals surface area contributed by atoms with Gasteiger partial charge in [-0.15, -0.1) is 0 Å². The topological polar surface area (TPSA) is 24.5 Å². The van der Waals surface area contributed by atoms with Gasteiger partial charge in [0, 0.05) is 25.3 Å². The van der Waals surface area contributed by atoms with Crippen LogP contribution in [0.5, 0.6) is 0 Å². The fourth-order valence-electron chi connectivity index (χ4n) is 1.88. The number of halogens is 1. The molecule has 1 N–H and O–H groups in total. The van der Waals surface area contributed by atoms with Gasteiger partial charge in [0.2, 0.25) is 0 Å². The van der Waals surface area contributed by atoms with Gasteiger partial charge in [-0.25, -0.2) is 0 Å². The summed E-state index contributed by atoms with van der Waals surface area (Å²) in [6, 6.07) is 6.13. The van der Waals surface area contributed by atoms with E-state index in [1.165, 1.54) is 0 Å². The molecule has 2 rings (SSSR count). The molecule has 0 amide bonds. The van der Waals surface area contributed by atoms with E-state index < -0.39 is 0 Å². The van der Waals surface area contributed by atoms with Gasteiger partial charge in [-0.2, -0.15) is 0 Å². The number of benzene rings is 1. The van der Waals surface area contributed by atoms with E-state index in [0.717, 1.165) is 49.2 Å². The van der Waals surface area contributed by atoms with Gasteiger partial charge in [0.05, 0.1) is 23.9 Å². The number of hydrogen-bond acceptors (Lipinski definition) is 3. The van der Waals surface area contributed by atoms with E-state index in [9.17, 15) is 0 Å². The van der Waals surface area contributed by atoms with Crippen LogP contribution >= 0.6 is 11.6 Å². The largest absolute Gasteiger partial charge is 0.385 e. The minimum absolute atomic E-state index is 0.783. The third-order valence-corrected chi connectivity index (χ3v) is 2.98. The van der Waals surface area contributed by atoms with Crippen molar-refractivity contribution in [3.05, 3.63) is 23.2 Å². The summed E-state index contributed by atoms with van der Waals surface area (Å²) in [5.41, 5.74) is 2.18. The highest BCUT2D eigenvalue weighted by molar-refractivity contribution is 6.33. The molecule has 0 radical (unpaired) electrons. The van der Waals surface area contributed by atoms with Gasteiger partial charge < -0.3 is 15.0 Å². The molecule has 3 nitrogen and oxygen atoms in total. The van der Waals surface area contributed by atoms with E-state index in [-0.39, 0.29) is 0 Å². The summed E-state index contributed by atoms with van der Waals surface area (Å²) in [5.74, 6) is 0. The molecule has 0 spiro atoms. The van der Waals surface area contributed by atoms with Crippen LogP contribution in [0.25, 0.3) is 0 Å². The predicted molar refractivity (Wildman–Crippen MR) is 68.6 cm³/mol. The van der Waals surface area contributed by atoms with E-state index >= 15 is 0 Å². The van der Waals surface area contributed by atoms with Crippen LogP contribution < -0.4 is 10.2 Å². The maximum atomic E-state index is 6.28. The molecule has 1 aliphatic rings. The lowest BCUT2D eigenvalue weighted by molar-refractivity contribution is 0.122. The van der Waals surface area contributed by atoms with Gasteiger partial charge >= 0.3 is 0 Å². The van der Waals surface area contributed by atoms with Crippen molar-refractivity contribution in [1.82, 2.24) is 0 Å². The molecule has 0 saturated carbocycles. The molecule has 1 fully saturated rings. The average Bonchev–Trinajstić information content (AvgIpc) is 2.31. The van der Waals surface area contributed by atoms with Gasteiger partial charge in [0.1, 0.15) is 0 Å². The molecule has 0 unspecified atom stereocenters. The molecule has 1 heterocycles. The number of nitrogens with zero attached hydrogens (tertiary/aromatic N) is 1. The number of anilines is 2. The highest BCUT2D eigenvalue weighted by Crippen LogP contribution is 2.29. The number of nitrogens with one attached hydrogen (secondary N) is 1. The van der Waals surface area contributed by atoms with Crippen molar-refractivity contribution in [3.8, 4) is 0 Å². The summed E-state index contributed by atoms with van der Waals surface area (Å²) >= 11 is 6.28. The Bertz CT molecular complexity index is 351. The van der Waals surface area contributed by atoms with Crippen molar-refractivity contribution in [2.45, 2.75) is 6.92 Å². The van der Waals surface area contributed by atoms with Gasteiger partial charge in [-0.1, -0.05) is 11.6 Å². The molecule has 1 aromatic rings. The number of rotatable bonds is 3. The molecule has 0 atom stereocenters. The van der Waals surface area contributed by atoms with Crippen LogP contribution in [0.15, 0.2) is 18.2 Å². The fraction of sp³-hybridized carbons (Fsp3) is 0.500. The normalized spacial score (nSPS) is 16.2. The average molecular weight is 241 g/mol. The van der Waals surface area contributed by atoms with Gasteiger partial charge in [0.25, 0.3) is 0 Å². The van der Waals surface area contributed by atoms with Gasteiger partial charge in [0.15, 0.2) is 0 Å². The van der Waals surface area contributed by atoms with Crippen molar-refractivity contribution in [3.63, 3.8) is 0 Å². The Balaban J connectivity index is 2.14. The van der Waals surface area contributed by atoms with Crippen molar-refractivity contribution >= 4 is 23.0 Å². The molecular formula is C12H17ClN2O. The first-order valence-electron chi connectivity index (χ1n) is 5.67. The number of hydrogen-bond donors (Lipinski definition) is 1. The van der Waals surface area contributed by atoms with Crippen LogP contribution in [0.2, 0.25) is 5.02 Å². The van der Waals surface area contributed by atoms with Crippen LogP contribution in [0.4, 0.5) is 11.4 Å². The molecule has 4 heteroatoms. The smallest absolute Gasteiger partial charge is 0.0660 e. The van der Waals surface area contributed by atoms with E-state index in [1.54, 1.807) is 0 Å². The second-order valence-corrected chi connectivity index (χ2v) is 4.20. The standard InChI is InChI=1S/C12H17ClN2O/c1-2-14-10-3-4-12(11(13)9-10)15-5-7-16-8-6-15/h3-4,9,14H,2,5-8H2,1H3. The molecular weight excluding hydrogens is 224 g/mol. The molecule has 1 aliphatic heterocycles. The summed E-state index contributed by atoms with van der Waals surface area (Å²) in [7, 11) is 0. The van der Waals surface area contributed by atoms with Crippen LogP contribution in [0, 0.1) is 0 Å². The van der Waals surface area contributed by atoms with Crippen LogP contribution in [0.1, 0.15) is 6.92 Å². The van der Waals surface area contributed by atoms with Crippen LogP contribution in [-0.4, -0.2) is 32.8 Å². The van der Waals surface area contributed by atoms with Crippen LogP contribution in [-0.2, 0) is 4.74 Å². The van der Waals surface area contributed by atoms with E-state index in [1.807, 2.05) is 6.07 Å². The Morgan fingerprint density at radius 1 is 1.38 bits per heavy atom. The van der Waals surface area contributed by atoms with Crippen molar-refractivity contribution in [1.29, 1.82) is 0 Å². The first-order valence-corrected chi connectivity index (χ1v) is 6.05. The van der Waals surface area contributed by atoms with Crippen molar-refractivity contribution < 1.29 is 4.74 Å². The lowest BCUT2D eigenvalue weighted by Crippen LogP contribution is -2.36. The van der Waals surface area contributed by atoms with Crippen molar-refractivity contribution in [2.75, 3.05) is 43.1 Å². The summed E-state index contributed by atoms with van der Waals surface area (Å²) in [6.07, 6.45) is 0. The monoisotopic (exact) mass is 240 g/mol. The second kappa shape index (κ2) is 5.41. The number of morpholine rings is 1. The quantitative estimate of drug-likeness (QED) is 0.879. The Kier molecular flexibility index (Phi) is 3.91. The Morgan fingerprint density at radius 2 is 2.12 bits per heavy atom. The predicted octanol–water partition coefficient (Wildman–Crippen LogP) is 2.61. The minimum atomic E-state index is 0.783. The third-order valence-electron chi connectivity index (χ3n) is 2.68. The third kappa shape index (κ3) is 2.60. The maximum Gasteiger partial charge on any atom is 0.0660 e. The van der Waals surface area contributed by atoms with Gasteiger partial charge in [-0.3, -0.25) is 0 Å². The summed E-state index contributed by atoms with van der Waals surface area (Å²) < 4.78 is 5.33. The molecule has 1 saturated heterocycles. The Labute approximate surface area is 101 Å². The lowest BCUT2D eigenvalue weighted by Gasteiger charge is -2.29. The van der Waals surface area contributed by atoms with Crippen molar-refractivity contribution in [2.24, 2.45) is 0 Å². The lowest BCUT2D eigenvalue weighted by atomic mass is 10.2. The molecule has 1 aromatic carbocycles. The summed E-state index contributed by atoms with van der Waals surface area (Å²) in [5, 5.41) is 4.06. The fourth-order valence-corrected chi connectivity index (χ4v) is 2.18. The second-order valence-electron chi connectivity index (χ2n) is 3.80. The summed E-state index contributed by atoms with van der Waals surface area (Å²) in [6.45, 7) is 6.38. The Hall–Kier alpha value is -0.930. The van der Waals surface area contributed by atoms with Gasteiger partial charge in [-0.05, 0) is 25.1 Å². The SMILES string of the molecule is CCNc1ccc(N2CCOCC2)c(Cl)c1. The van der Waals surface area contributed by atoms with E-state index in [0.29, 0.717) is 0 Å². The first-order chi connectivity index (χ1) is 7.81. The molecule has 0 aromatic heterocycles. The highest BCUT2D eigenvalue weighted by Gasteiger charge is 2.13. The van der Waals surface area contributed by atoms with E-state index in [2.05, 4.69) is 29.3 Å². The summed E-state index contributed by atoms with van der Waals surface area (Å²) in [4.78, 5) is 2.27. The zero-order valence-corrected chi connectivity index (χ0v) is 10.3. The molecule has 16 heavy (non-hydrogen) atoms. The zero-order valence-electron chi connectivity index (χ0n) is 9.50. The molecule has 0 bridgehead atoms. The first kappa shape index (κ1) is 11.6. The molecule has 0 aliphatic carbocycles. The maximum absolute atomic E-state index is 6.28. The Morgan fingerprint density at radius 3 is 2.75 bits per heavy atom. The van der Waals surface area contributed by atoms with Crippen LogP contribution in [0.3, 0.4) is 0 Å². The minimum Gasteiger partial charge on any atom is -0.385 e.